The van der Waals surface area contributed by atoms with Crippen LogP contribution in [0.1, 0.15) is 4.88 Å². The third-order valence-corrected chi connectivity index (χ3v) is 2.43. The number of thiazole rings is 1. The molecule has 0 N–H and O–H groups in total. The molecule has 1 rings (SSSR count). The number of hydrogen-bond acceptors (Lipinski definition) is 3. The van der Waals surface area contributed by atoms with Gasteiger partial charge in [-0.25, -0.2) is 4.98 Å². The van der Waals surface area contributed by atoms with E-state index in [-0.39, 0.29) is 0 Å². The van der Waals surface area contributed by atoms with E-state index in [1.807, 2.05) is 0 Å². The topological polar surface area (TPSA) is 30.0 Å². The maximum Gasteiger partial charge on any atom is 0.185 e. The quantitative estimate of drug-likeness (QED) is 0.552. The molecule has 0 fully saturated rings. The van der Waals surface area contributed by atoms with E-state index in [4.69, 9.17) is 23.2 Å². The number of carbonyl (C=O) groups excluding carboxylic acids is 1. The minimum Gasteiger partial charge on any atom is -0.299 e. The fourth-order valence-corrected chi connectivity index (χ4v) is 1.80. The van der Waals surface area contributed by atoms with Gasteiger partial charge in [0.1, 0.15) is 11.4 Å². The zero-order valence-electron chi connectivity index (χ0n) is 5.25. The Morgan fingerprint density at radius 3 is 2.64 bits per heavy atom. The molecule has 1 aromatic rings. The summed E-state index contributed by atoms with van der Waals surface area (Å²) in [4.78, 5) is 14.4. The largest absolute Gasteiger partial charge is 0.299 e. The Morgan fingerprint density at radius 1 is 1.45 bits per heavy atom. The van der Waals surface area contributed by atoms with Gasteiger partial charge in [0.05, 0.1) is 4.88 Å². The fourth-order valence-electron chi connectivity index (χ4n) is 0.517. The maximum atomic E-state index is 9.92. The Balaban J connectivity index is 2.93. The molecule has 11 heavy (non-hydrogen) atoms. The van der Waals surface area contributed by atoms with Gasteiger partial charge < -0.3 is 0 Å². The average molecular weight is 208 g/mol. The lowest BCUT2D eigenvalue weighted by Crippen LogP contribution is -1.65. The Morgan fingerprint density at radius 2 is 2.18 bits per heavy atom. The summed E-state index contributed by atoms with van der Waals surface area (Å²) in [7, 11) is 0. The molecule has 0 aliphatic rings. The van der Waals surface area contributed by atoms with Crippen molar-refractivity contribution in [3.05, 3.63) is 20.6 Å². The molecular formula is C6H3Cl2NOS. The molecule has 0 spiro atoms. The highest BCUT2D eigenvalue weighted by Gasteiger charge is 2.02. The zero-order chi connectivity index (χ0) is 8.27. The van der Waals surface area contributed by atoms with Crippen molar-refractivity contribution in [1.29, 1.82) is 0 Å². The van der Waals surface area contributed by atoms with Crippen LogP contribution in [0.5, 0.6) is 0 Å². The molecule has 1 heterocycles. The summed E-state index contributed by atoms with van der Waals surface area (Å²) >= 11 is 12.4. The Labute approximate surface area is 77.5 Å². The van der Waals surface area contributed by atoms with Gasteiger partial charge in [0.15, 0.2) is 4.47 Å². The lowest BCUT2D eigenvalue weighted by molar-refractivity contribution is -0.104. The molecule has 0 saturated heterocycles. The van der Waals surface area contributed by atoms with Crippen molar-refractivity contribution in [2.24, 2.45) is 0 Å². The smallest absolute Gasteiger partial charge is 0.185 e. The van der Waals surface area contributed by atoms with Crippen molar-refractivity contribution in [3.8, 4) is 0 Å². The number of allylic oxidation sites excluding steroid dienone is 1. The molecule has 0 radical (unpaired) electrons. The highest BCUT2D eigenvalue weighted by molar-refractivity contribution is 7.17. The van der Waals surface area contributed by atoms with Crippen LogP contribution in [0.4, 0.5) is 0 Å². The van der Waals surface area contributed by atoms with Crippen LogP contribution in [0.15, 0.2) is 6.08 Å². The summed E-state index contributed by atoms with van der Waals surface area (Å²) in [6.45, 7) is 0. The molecule has 2 nitrogen and oxygen atoms in total. The Kier molecular flexibility index (Phi) is 3.05. The van der Waals surface area contributed by atoms with Gasteiger partial charge >= 0.3 is 0 Å². The van der Waals surface area contributed by atoms with Crippen molar-refractivity contribution in [2.45, 2.75) is 0 Å². The molecule has 0 aliphatic carbocycles. The number of aldehydes is 1. The average Bonchev–Trinajstić information content (AvgIpc) is 2.26. The van der Waals surface area contributed by atoms with E-state index in [0.717, 1.165) is 0 Å². The summed E-state index contributed by atoms with van der Waals surface area (Å²) in [6, 6.07) is 0. The van der Waals surface area contributed by atoms with Gasteiger partial charge in [0.25, 0.3) is 0 Å². The van der Waals surface area contributed by atoms with Crippen molar-refractivity contribution in [1.82, 2.24) is 4.98 Å². The zero-order valence-corrected chi connectivity index (χ0v) is 7.58. The molecule has 0 aliphatic heterocycles. The highest BCUT2D eigenvalue weighted by atomic mass is 35.5. The minimum absolute atomic E-state index is 0.332. The standard InChI is InChI=1S/C6H3Cl2NOS/c7-5-4(2-1-3-10)11-6(8)9-5/h1-3H. The number of aromatic nitrogens is 1. The highest BCUT2D eigenvalue weighted by Crippen LogP contribution is 2.27. The molecule has 5 heteroatoms. The van der Waals surface area contributed by atoms with Crippen molar-refractivity contribution < 1.29 is 4.79 Å². The fraction of sp³-hybridized carbons (Fsp3) is 0. The number of nitrogens with zero attached hydrogens (tertiary/aromatic N) is 1. The number of rotatable bonds is 2. The van der Waals surface area contributed by atoms with Gasteiger partial charge in [0, 0.05) is 0 Å². The van der Waals surface area contributed by atoms with Crippen molar-refractivity contribution >= 4 is 46.9 Å². The lowest BCUT2D eigenvalue weighted by Gasteiger charge is -1.79. The van der Waals surface area contributed by atoms with E-state index in [9.17, 15) is 4.79 Å². The summed E-state index contributed by atoms with van der Waals surface area (Å²) in [5.74, 6) is 0. The molecule has 0 aromatic carbocycles. The number of halogens is 2. The molecule has 0 atom stereocenters. The second kappa shape index (κ2) is 3.85. The van der Waals surface area contributed by atoms with Crippen LogP contribution in [-0.2, 0) is 4.79 Å². The molecule has 0 amide bonds. The monoisotopic (exact) mass is 207 g/mol. The predicted octanol–water partition coefficient (Wildman–Crippen LogP) is 2.66. The lowest BCUT2D eigenvalue weighted by atomic mass is 10.5. The minimum atomic E-state index is 0.332. The first-order valence-corrected chi connectivity index (χ1v) is 4.25. The normalized spacial score (nSPS) is 10.7. The molecule has 58 valence electrons. The van der Waals surface area contributed by atoms with Gasteiger partial charge in [0.2, 0.25) is 0 Å². The summed E-state index contributed by atoms with van der Waals surface area (Å²) < 4.78 is 0.376. The van der Waals surface area contributed by atoms with Crippen LogP contribution in [0, 0.1) is 0 Å². The SMILES string of the molecule is O=CC=Cc1sc(Cl)nc1Cl. The van der Waals surface area contributed by atoms with Crippen molar-refractivity contribution in [3.63, 3.8) is 0 Å². The summed E-state index contributed by atoms with van der Waals surface area (Å²) in [5.41, 5.74) is 0. The van der Waals surface area contributed by atoms with E-state index < -0.39 is 0 Å². The summed E-state index contributed by atoms with van der Waals surface area (Å²) in [6.07, 6.45) is 3.58. The van der Waals surface area contributed by atoms with Gasteiger partial charge in [-0.15, -0.1) is 11.3 Å². The van der Waals surface area contributed by atoms with E-state index in [2.05, 4.69) is 4.98 Å². The van der Waals surface area contributed by atoms with Crippen LogP contribution in [0.3, 0.4) is 0 Å². The maximum absolute atomic E-state index is 9.92. The summed E-state index contributed by atoms with van der Waals surface area (Å²) in [5, 5.41) is 0.332. The predicted molar refractivity (Wildman–Crippen MR) is 47.2 cm³/mol. The second-order valence-corrected chi connectivity index (χ2v) is 3.59. The Bertz CT molecular complexity index is 295. The third kappa shape index (κ3) is 2.29. The van der Waals surface area contributed by atoms with Gasteiger partial charge in [-0.05, 0) is 12.2 Å². The first-order valence-electron chi connectivity index (χ1n) is 2.67. The molecular weight excluding hydrogens is 205 g/mol. The van der Waals surface area contributed by atoms with Crippen molar-refractivity contribution in [2.75, 3.05) is 0 Å². The van der Waals surface area contributed by atoms with Crippen LogP contribution >= 0.6 is 34.5 Å². The van der Waals surface area contributed by atoms with Crippen LogP contribution < -0.4 is 0 Å². The number of hydrogen-bond donors (Lipinski definition) is 0. The van der Waals surface area contributed by atoms with Crippen LogP contribution in [0.2, 0.25) is 9.62 Å². The van der Waals surface area contributed by atoms with Crippen LogP contribution in [0.25, 0.3) is 6.08 Å². The molecule has 0 bridgehead atoms. The van der Waals surface area contributed by atoms with E-state index in [0.29, 0.717) is 20.8 Å². The molecule has 1 aromatic heterocycles. The molecule has 0 saturated carbocycles. The first-order chi connectivity index (χ1) is 5.24. The first kappa shape index (κ1) is 8.71. The van der Waals surface area contributed by atoms with E-state index >= 15 is 0 Å². The van der Waals surface area contributed by atoms with Crippen LogP contribution in [-0.4, -0.2) is 11.3 Å². The van der Waals surface area contributed by atoms with Gasteiger partial charge in [-0.3, -0.25) is 4.79 Å². The van der Waals surface area contributed by atoms with E-state index in [1.165, 1.54) is 17.4 Å². The molecule has 0 unspecified atom stereocenters. The third-order valence-electron chi connectivity index (χ3n) is 0.910. The van der Waals surface area contributed by atoms with Gasteiger partial charge in [-0.2, -0.15) is 0 Å². The second-order valence-electron chi connectivity index (χ2n) is 1.62. The Hall–Kier alpha value is -0.380. The van der Waals surface area contributed by atoms with E-state index in [1.54, 1.807) is 6.08 Å². The van der Waals surface area contributed by atoms with Gasteiger partial charge in [-0.1, -0.05) is 23.2 Å². The number of carbonyl (C=O) groups is 1.